The summed E-state index contributed by atoms with van der Waals surface area (Å²) in [5.41, 5.74) is 0.242. The maximum Gasteiger partial charge on any atom is 0.108 e. The van der Waals surface area contributed by atoms with E-state index in [9.17, 15) is 0 Å². The zero-order valence-corrected chi connectivity index (χ0v) is 11.2. The van der Waals surface area contributed by atoms with E-state index >= 15 is 0 Å². The minimum absolute atomic E-state index is 0.242. The van der Waals surface area contributed by atoms with Gasteiger partial charge in [-0.15, -0.1) is 0 Å². The molecule has 2 heteroatoms. The first-order valence-corrected chi connectivity index (χ1v) is 5.85. The van der Waals surface area contributed by atoms with Crippen molar-refractivity contribution in [2.24, 2.45) is 11.3 Å². The second-order valence-corrected chi connectivity index (χ2v) is 6.17. The van der Waals surface area contributed by atoms with E-state index in [1.807, 2.05) is 0 Å². The molecule has 0 bridgehead atoms. The van der Waals surface area contributed by atoms with Crippen LogP contribution in [0.2, 0.25) is 0 Å². The Kier molecular flexibility index (Phi) is 3.46. The molecule has 0 radical (unpaired) electrons. The minimum Gasteiger partial charge on any atom is -0.468 e. The van der Waals surface area contributed by atoms with Crippen molar-refractivity contribution in [2.75, 3.05) is 0 Å². The summed E-state index contributed by atoms with van der Waals surface area (Å²) < 4.78 is 6.60. The average molecular weight is 259 g/mol. The molecule has 1 nitrogen and oxygen atoms in total. The quantitative estimate of drug-likeness (QED) is 0.741. The topological polar surface area (TPSA) is 13.1 Å². The van der Waals surface area contributed by atoms with Gasteiger partial charge in [0, 0.05) is 5.92 Å². The third kappa shape index (κ3) is 2.63. The highest BCUT2D eigenvalue weighted by Crippen LogP contribution is 2.41. The molecule has 1 aromatic rings. The lowest BCUT2D eigenvalue weighted by atomic mass is 9.73. The van der Waals surface area contributed by atoms with E-state index < -0.39 is 0 Å². The fourth-order valence-electron chi connectivity index (χ4n) is 2.25. The standard InChI is InChI=1S/C12H19BrO/c1-8(2)11(12(3,4)5)10-6-9(13)7-14-10/h6-8,11H,1-5H3/t11-/m0/s1. The monoisotopic (exact) mass is 258 g/mol. The maximum atomic E-state index is 5.57. The molecule has 0 saturated heterocycles. The van der Waals surface area contributed by atoms with Gasteiger partial charge in [0.1, 0.15) is 12.0 Å². The van der Waals surface area contributed by atoms with Gasteiger partial charge in [-0.05, 0) is 33.3 Å². The van der Waals surface area contributed by atoms with Gasteiger partial charge in [0.2, 0.25) is 0 Å². The van der Waals surface area contributed by atoms with Crippen LogP contribution in [-0.4, -0.2) is 0 Å². The third-order valence-corrected chi connectivity index (χ3v) is 2.91. The summed E-state index contributed by atoms with van der Waals surface area (Å²) in [7, 11) is 0. The summed E-state index contributed by atoms with van der Waals surface area (Å²) in [4.78, 5) is 0. The molecule has 80 valence electrons. The van der Waals surface area contributed by atoms with E-state index in [1.165, 1.54) is 0 Å². The van der Waals surface area contributed by atoms with Gasteiger partial charge in [0.05, 0.1) is 4.47 Å². The van der Waals surface area contributed by atoms with Gasteiger partial charge >= 0.3 is 0 Å². The molecule has 0 amide bonds. The second-order valence-electron chi connectivity index (χ2n) is 5.26. The summed E-state index contributed by atoms with van der Waals surface area (Å²) >= 11 is 3.42. The van der Waals surface area contributed by atoms with Gasteiger partial charge in [-0.25, -0.2) is 0 Å². The zero-order chi connectivity index (χ0) is 10.9. The lowest BCUT2D eigenvalue weighted by molar-refractivity contribution is 0.224. The Morgan fingerprint density at radius 2 is 1.86 bits per heavy atom. The van der Waals surface area contributed by atoms with Crippen LogP contribution in [0.4, 0.5) is 0 Å². The molecule has 1 aromatic heterocycles. The Balaban J connectivity index is 3.01. The van der Waals surface area contributed by atoms with Crippen molar-refractivity contribution in [3.63, 3.8) is 0 Å². The molecule has 14 heavy (non-hydrogen) atoms. The predicted molar refractivity (Wildman–Crippen MR) is 63.4 cm³/mol. The van der Waals surface area contributed by atoms with E-state index in [4.69, 9.17) is 4.42 Å². The van der Waals surface area contributed by atoms with E-state index in [1.54, 1.807) is 6.26 Å². The van der Waals surface area contributed by atoms with Crippen LogP contribution in [0.25, 0.3) is 0 Å². The first kappa shape index (κ1) is 11.8. The number of rotatable bonds is 2. The second kappa shape index (κ2) is 4.09. The van der Waals surface area contributed by atoms with Crippen molar-refractivity contribution in [1.29, 1.82) is 0 Å². The van der Waals surface area contributed by atoms with E-state index in [-0.39, 0.29) is 5.41 Å². The molecular formula is C12H19BrO. The average Bonchev–Trinajstić information content (AvgIpc) is 2.31. The van der Waals surface area contributed by atoms with Crippen LogP contribution >= 0.6 is 15.9 Å². The van der Waals surface area contributed by atoms with Crippen LogP contribution in [0, 0.1) is 11.3 Å². The molecule has 0 fully saturated rings. The number of halogens is 1. The smallest absolute Gasteiger partial charge is 0.108 e. The summed E-state index contributed by atoms with van der Waals surface area (Å²) in [6.07, 6.45) is 1.76. The Morgan fingerprint density at radius 1 is 1.29 bits per heavy atom. The Hall–Kier alpha value is -0.240. The van der Waals surface area contributed by atoms with Crippen molar-refractivity contribution in [1.82, 2.24) is 0 Å². The highest BCUT2D eigenvalue weighted by atomic mass is 79.9. The lowest BCUT2D eigenvalue weighted by Gasteiger charge is -2.32. The maximum absolute atomic E-state index is 5.57. The molecule has 1 atom stereocenters. The Labute approximate surface area is 95.0 Å². The molecule has 0 N–H and O–H groups in total. The van der Waals surface area contributed by atoms with Crippen molar-refractivity contribution >= 4 is 15.9 Å². The van der Waals surface area contributed by atoms with E-state index in [0.717, 1.165) is 10.2 Å². The molecule has 0 aliphatic rings. The molecular weight excluding hydrogens is 240 g/mol. The predicted octanol–water partition coefficient (Wildman–Crippen LogP) is 4.83. The first-order chi connectivity index (χ1) is 6.32. The molecule has 0 aromatic carbocycles. The third-order valence-electron chi connectivity index (χ3n) is 2.49. The fraction of sp³-hybridized carbons (Fsp3) is 0.667. The summed E-state index contributed by atoms with van der Waals surface area (Å²) in [5, 5.41) is 0. The molecule has 1 heterocycles. The molecule has 0 aliphatic heterocycles. The normalized spacial score (nSPS) is 14.8. The van der Waals surface area contributed by atoms with Crippen molar-refractivity contribution in [3.05, 3.63) is 22.6 Å². The molecule has 0 spiro atoms. The summed E-state index contributed by atoms with van der Waals surface area (Å²) in [5.74, 6) is 2.14. The van der Waals surface area contributed by atoms with Gasteiger partial charge in [0.25, 0.3) is 0 Å². The van der Waals surface area contributed by atoms with Gasteiger partial charge in [0.15, 0.2) is 0 Å². The first-order valence-electron chi connectivity index (χ1n) is 5.06. The van der Waals surface area contributed by atoms with Gasteiger partial charge in [-0.3, -0.25) is 0 Å². The van der Waals surface area contributed by atoms with Crippen molar-refractivity contribution < 1.29 is 4.42 Å². The highest BCUT2D eigenvalue weighted by molar-refractivity contribution is 9.10. The largest absolute Gasteiger partial charge is 0.468 e. The SMILES string of the molecule is CC(C)[C@@H](c1cc(Br)co1)C(C)(C)C. The van der Waals surface area contributed by atoms with Crippen molar-refractivity contribution in [2.45, 2.75) is 40.5 Å². The molecule has 1 rings (SSSR count). The van der Waals surface area contributed by atoms with Gasteiger partial charge in [-0.2, -0.15) is 0 Å². The van der Waals surface area contributed by atoms with Crippen molar-refractivity contribution in [3.8, 4) is 0 Å². The van der Waals surface area contributed by atoms with Crippen LogP contribution in [0.5, 0.6) is 0 Å². The van der Waals surface area contributed by atoms with Crippen LogP contribution in [0.1, 0.15) is 46.3 Å². The Bertz CT molecular complexity index is 294. The lowest BCUT2D eigenvalue weighted by Crippen LogP contribution is -2.22. The van der Waals surface area contributed by atoms with Crippen LogP contribution in [0.3, 0.4) is 0 Å². The fourth-order valence-corrected chi connectivity index (χ4v) is 2.57. The van der Waals surface area contributed by atoms with Gasteiger partial charge < -0.3 is 4.42 Å². The van der Waals surface area contributed by atoms with Gasteiger partial charge in [-0.1, -0.05) is 34.6 Å². The van der Waals surface area contributed by atoms with E-state index in [2.05, 4.69) is 56.6 Å². The van der Waals surface area contributed by atoms with Crippen LogP contribution in [-0.2, 0) is 0 Å². The van der Waals surface area contributed by atoms with E-state index in [0.29, 0.717) is 11.8 Å². The number of hydrogen-bond donors (Lipinski definition) is 0. The van der Waals surface area contributed by atoms with Crippen LogP contribution < -0.4 is 0 Å². The molecule has 0 aliphatic carbocycles. The summed E-state index contributed by atoms with van der Waals surface area (Å²) in [6.45, 7) is 11.3. The van der Waals surface area contributed by atoms with Crippen LogP contribution in [0.15, 0.2) is 21.2 Å². The number of furan rings is 1. The number of hydrogen-bond acceptors (Lipinski definition) is 1. The molecule has 0 unspecified atom stereocenters. The molecule has 0 saturated carbocycles. The minimum atomic E-state index is 0.242. The Morgan fingerprint density at radius 3 is 2.14 bits per heavy atom. The summed E-state index contributed by atoms with van der Waals surface area (Å²) in [6, 6.07) is 2.08. The zero-order valence-electron chi connectivity index (χ0n) is 9.60. The highest BCUT2D eigenvalue weighted by Gasteiger charge is 2.31.